The molecular weight excluding hydrogens is 274 g/mol. The van der Waals surface area contributed by atoms with Gasteiger partial charge in [-0.15, -0.1) is 4.68 Å². The van der Waals surface area contributed by atoms with E-state index in [1.807, 2.05) is 0 Å². The molecule has 2 aromatic rings. The molecule has 2 rings (SSSR count). The van der Waals surface area contributed by atoms with Crippen molar-refractivity contribution in [2.75, 3.05) is 0 Å². The molecule has 0 aliphatic rings. The molecule has 0 fully saturated rings. The van der Waals surface area contributed by atoms with Crippen molar-refractivity contribution in [1.29, 1.82) is 0 Å². The average molecular weight is 279 g/mol. The molecule has 1 N–H and O–H groups in total. The first kappa shape index (κ1) is 13.1. The highest BCUT2D eigenvalue weighted by atomic mass is 16.6. The molecule has 0 spiro atoms. The zero-order chi connectivity index (χ0) is 14.9. The Bertz CT molecular complexity index is 723. The predicted molar refractivity (Wildman–Crippen MR) is 61.6 cm³/mol. The van der Waals surface area contributed by atoms with E-state index in [9.17, 15) is 25.0 Å². The van der Waals surface area contributed by atoms with E-state index in [1.165, 1.54) is 12.1 Å². The molecular formula is C9H5N5O6. The molecule has 11 nitrogen and oxygen atoms in total. The molecule has 0 amide bonds. The first-order chi connectivity index (χ1) is 9.41. The number of para-hydroxylation sites is 1. The number of aromatic carboxylic acids is 1. The number of aromatic nitrogens is 3. The lowest BCUT2D eigenvalue weighted by Gasteiger charge is -2.02. The second kappa shape index (κ2) is 4.72. The SMILES string of the molecule is O=C(O)c1cccc(-n2cnc([N+](=O)[O-])n2)c1[N+](=O)[O-]. The summed E-state index contributed by atoms with van der Waals surface area (Å²) in [6, 6.07) is 3.53. The van der Waals surface area contributed by atoms with Gasteiger partial charge >= 0.3 is 17.6 Å². The van der Waals surface area contributed by atoms with E-state index in [-0.39, 0.29) is 5.69 Å². The molecule has 0 saturated carbocycles. The lowest BCUT2D eigenvalue weighted by molar-refractivity contribution is -0.394. The van der Waals surface area contributed by atoms with E-state index >= 15 is 0 Å². The predicted octanol–water partition coefficient (Wildman–Crippen LogP) is 0.782. The van der Waals surface area contributed by atoms with Gasteiger partial charge in [-0.2, -0.15) is 0 Å². The minimum atomic E-state index is -1.49. The minimum absolute atomic E-state index is 0.226. The number of nitro benzene ring substituents is 1. The zero-order valence-electron chi connectivity index (χ0n) is 9.53. The molecule has 1 aromatic carbocycles. The summed E-state index contributed by atoms with van der Waals surface area (Å²) in [6.07, 6.45) is 0.895. The van der Waals surface area contributed by atoms with Gasteiger partial charge in [0.1, 0.15) is 5.56 Å². The Hall–Kier alpha value is -3.37. The zero-order valence-corrected chi connectivity index (χ0v) is 9.53. The standard InChI is InChI=1S/C9H5N5O6/c15-8(16)5-2-1-3-6(7(5)13(17)18)12-4-10-9(11-12)14(19)20/h1-4H,(H,15,16). The van der Waals surface area contributed by atoms with Crippen molar-refractivity contribution >= 4 is 17.6 Å². The van der Waals surface area contributed by atoms with E-state index in [1.54, 1.807) is 0 Å². The Morgan fingerprint density at radius 3 is 2.45 bits per heavy atom. The first-order valence-corrected chi connectivity index (χ1v) is 4.99. The van der Waals surface area contributed by atoms with Crippen LogP contribution in [-0.4, -0.2) is 35.7 Å². The maximum atomic E-state index is 11.0. The van der Waals surface area contributed by atoms with Crippen LogP contribution in [0.15, 0.2) is 24.5 Å². The average Bonchev–Trinajstić information content (AvgIpc) is 2.87. The van der Waals surface area contributed by atoms with E-state index in [0.717, 1.165) is 17.1 Å². The van der Waals surface area contributed by atoms with Crippen LogP contribution in [0.5, 0.6) is 0 Å². The molecule has 0 atom stereocenters. The highest BCUT2D eigenvalue weighted by Crippen LogP contribution is 2.27. The molecule has 1 aromatic heterocycles. The molecule has 0 bridgehead atoms. The number of carbonyl (C=O) groups is 1. The molecule has 0 saturated heterocycles. The van der Waals surface area contributed by atoms with E-state index in [2.05, 4.69) is 10.1 Å². The summed E-state index contributed by atoms with van der Waals surface area (Å²) >= 11 is 0. The van der Waals surface area contributed by atoms with Gasteiger partial charge in [0.05, 0.1) is 4.92 Å². The molecule has 102 valence electrons. The van der Waals surface area contributed by atoms with E-state index in [0.29, 0.717) is 0 Å². The number of benzene rings is 1. The van der Waals surface area contributed by atoms with Gasteiger partial charge in [0.2, 0.25) is 6.33 Å². The Labute approximate surface area is 109 Å². The van der Waals surface area contributed by atoms with Gasteiger partial charge < -0.3 is 15.2 Å². The molecule has 0 aliphatic carbocycles. The number of carboxylic acids is 1. The Morgan fingerprint density at radius 1 is 1.25 bits per heavy atom. The number of nitro groups is 2. The van der Waals surface area contributed by atoms with Crippen LogP contribution in [-0.2, 0) is 0 Å². The summed E-state index contributed by atoms with van der Waals surface area (Å²) in [4.78, 5) is 34.0. The lowest BCUT2D eigenvalue weighted by Crippen LogP contribution is -2.08. The number of hydrogen-bond acceptors (Lipinski definition) is 7. The molecule has 0 unspecified atom stereocenters. The second-order valence-electron chi connectivity index (χ2n) is 3.48. The third-order valence-electron chi connectivity index (χ3n) is 2.32. The van der Waals surface area contributed by atoms with E-state index in [4.69, 9.17) is 5.11 Å². The lowest BCUT2D eigenvalue weighted by atomic mass is 10.1. The molecule has 20 heavy (non-hydrogen) atoms. The van der Waals surface area contributed by atoms with Gasteiger partial charge in [-0.1, -0.05) is 11.1 Å². The Balaban J connectivity index is 2.66. The number of nitrogens with zero attached hydrogens (tertiary/aromatic N) is 5. The van der Waals surface area contributed by atoms with Crippen LogP contribution < -0.4 is 0 Å². The monoisotopic (exact) mass is 279 g/mol. The van der Waals surface area contributed by atoms with Crippen LogP contribution >= 0.6 is 0 Å². The fraction of sp³-hybridized carbons (Fsp3) is 0. The molecule has 11 heteroatoms. The van der Waals surface area contributed by atoms with Crippen LogP contribution in [0.25, 0.3) is 5.69 Å². The van der Waals surface area contributed by atoms with Gasteiger partial charge in [0.25, 0.3) is 0 Å². The van der Waals surface area contributed by atoms with Crippen LogP contribution in [0.2, 0.25) is 0 Å². The molecule has 0 radical (unpaired) electrons. The smallest absolute Gasteiger partial charge is 0.477 e. The van der Waals surface area contributed by atoms with Crippen molar-refractivity contribution in [1.82, 2.24) is 14.8 Å². The maximum Gasteiger partial charge on any atom is 0.491 e. The Morgan fingerprint density at radius 2 is 1.95 bits per heavy atom. The van der Waals surface area contributed by atoms with Crippen LogP contribution in [0.4, 0.5) is 11.6 Å². The normalized spacial score (nSPS) is 10.2. The van der Waals surface area contributed by atoms with Gasteiger partial charge in [-0.3, -0.25) is 10.1 Å². The molecule has 1 heterocycles. The van der Waals surface area contributed by atoms with Gasteiger partial charge in [-0.05, 0) is 17.1 Å². The highest BCUT2D eigenvalue weighted by molar-refractivity contribution is 5.94. The van der Waals surface area contributed by atoms with Crippen LogP contribution in [0.3, 0.4) is 0 Å². The number of rotatable bonds is 4. The van der Waals surface area contributed by atoms with Crippen molar-refractivity contribution < 1.29 is 19.7 Å². The Kier molecular flexibility index (Phi) is 3.08. The fourth-order valence-electron chi connectivity index (χ4n) is 1.53. The maximum absolute atomic E-state index is 11.0. The third-order valence-corrected chi connectivity index (χ3v) is 2.32. The summed E-state index contributed by atoms with van der Waals surface area (Å²) in [5.41, 5.74) is -1.50. The fourth-order valence-corrected chi connectivity index (χ4v) is 1.53. The summed E-state index contributed by atoms with van der Waals surface area (Å²) in [7, 11) is 0. The second-order valence-corrected chi connectivity index (χ2v) is 3.48. The topological polar surface area (TPSA) is 154 Å². The first-order valence-electron chi connectivity index (χ1n) is 4.99. The highest BCUT2D eigenvalue weighted by Gasteiger charge is 2.28. The largest absolute Gasteiger partial charge is 0.491 e. The van der Waals surface area contributed by atoms with Crippen molar-refractivity contribution in [3.8, 4) is 5.69 Å². The summed E-state index contributed by atoms with van der Waals surface area (Å²) in [5, 5.41) is 33.8. The van der Waals surface area contributed by atoms with Crippen molar-refractivity contribution in [2.45, 2.75) is 0 Å². The number of carboxylic acid groups (broad SMARTS) is 1. The number of hydrogen-bond donors (Lipinski definition) is 1. The van der Waals surface area contributed by atoms with Gasteiger partial charge in [0.15, 0.2) is 5.69 Å². The van der Waals surface area contributed by atoms with Gasteiger partial charge in [0, 0.05) is 5.10 Å². The van der Waals surface area contributed by atoms with Gasteiger partial charge in [-0.25, -0.2) is 4.79 Å². The molecule has 0 aliphatic heterocycles. The third kappa shape index (κ3) is 2.14. The summed E-state index contributed by atoms with van der Waals surface area (Å²) < 4.78 is 0.780. The van der Waals surface area contributed by atoms with Crippen molar-refractivity contribution in [3.05, 3.63) is 50.3 Å². The van der Waals surface area contributed by atoms with Crippen molar-refractivity contribution in [3.63, 3.8) is 0 Å². The summed E-state index contributed by atoms with van der Waals surface area (Å²) in [6.45, 7) is 0. The van der Waals surface area contributed by atoms with Crippen molar-refractivity contribution in [2.24, 2.45) is 0 Å². The minimum Gasteiger partial charge on any atom is -0.477 e. The van der Waals surface area contributed by atoms with E-state index < -0.39 is 33.0 Å². The van der Waals surface area contributed by atoms with Crippen LogP contribution in [0.1, 0.15) is 10.4 Å². The van der Waals surface area contributed by atoms with Crippen LogP contribution in [0, 0.1) is 20.2 Å². The summed E-state index contributed by atoms with van der Waals surface area (Å²) in [5.74, 6) is -2.24. The quantitative estimate of drug-likeness (QED) is 0.635.